The second kappa shape index (κ2) is 10.8. The molecule has 7 nitrogen and oxygen atoms in total. The van der Waals surface area contributed by atoms with E-state index in [0.717, 1.165) is 11.6 Å². The maximum atomic E-state index is 13.4. The molecule has 0 bridgehead atoms. The van der Waals surface area contributed by atoms with Crippen molar-refractivity contribution in [3.05, 3.63) is 79.0 Å². The largest absolute Gasteiger partial charge is 0.497 e. The van der Waals surface area contributed by atoms with Gasteiger partial charge in [0.05, 0.1) is 18.7 Å². The van der Waals surface area contributed by atoms with E-state index < -0.39 is 11.7 Å². The van der Waals surface area contributed by atoms with Gasteiger partial charge in [-0.15, -0.1) is 0 Å². The van der Waals surface area contributed by atoms with Gasteiger partial charge in [-0.05, 0) is 24.1 Å². The van der Waals surface area contributed by atoms with Crippen LogP contribution in [0.4, 0.5) is 10.2 Å². The Morgan fingerprint density at radius 1 is 1.34 bits per heavy atom. The second-order valence-electron chi connectivity index (χ2n) is 6.03. The Hall–Kier alpha value is -3.39. The average molecular weight is 398 g/mol. The number of anilines is 1. The van der Waals surface area contributed by atoms with Crippen LogP contribution in [0.3, 0.4) is 0 Å². The fourth-order valence-corrected chi connectivity index (χ4v) is 2.62. The van der Waals surface area contributed by atoms with Crippen molar-refractivity contribution in [1.82, 2.24) is 15.0 Å². The summed E-state index contributed by atoms with van der Waals surface area (Å²) in [5, 5.41) is 2.77. The van der Waals surface area contributed by atoms with Gasteiger partial charge in [0.2, 0.25) is 5.91 Å². The number of aromatic nitrogens is 3. The molecule has 0 spiro atoms. The minimum atomic E-state index is -0.682. The molecule has 0 aliphatic rings. The summed E-state index contributed by atoms with van der Waals surface area (Å²) in [7, 11) is 2.99. The zero-order valence-electron chi connectivity index (χ0n) is 16.4. The highest BCUT2D eigenvalue weighted by molar-refractivity contribution is 5.95. The molecule has 1 amide bonds. The molecule has 1 N–H and O–H groups in total. The van der Waals surface area contributed by atoms with Gasteiger partial charge in [-0.2, -0.15) is 0 Å². The van der Waals surface area contributed by atoms with Gasteiger partial charge in [-0.25, -0.2) is 14.4 Å². The Bertz CT molecular complexity index is 900. The van der Waals surface area contributed by atoms with Crippen LogP contribution in [0.25, 0.3) is 5.57 Å². The minimum absolute atomic E-state index is 0.202. The second-order valence-corrected chi connectivity index (χ2v) is 6.03. The molecule has 0 aromatic carbocycles. The number of pyridine rings is 1. The third-order valence-corrected chi connectivity index (χ3v) is 4.06. The zero-order chi connectivity index (χ0) is 21.2. The van der Waals surface area contributed by atoms with Gasteiger partial charge in [-0.1, -0.05) is 19.2 Å². The normalized spacial score (nSPS) is 12.2. The average Bonchev–Trinajstić information content (AvgIpc) is 2.72. The zero-order valence-corrected chi connectivity index (χ0v) is 16.4. The highest BCUT2D eigenvalue weighted by Gasteiger charge is 2.21. The van der Waals surface area contributed by atoms with Crippen LogP contribution in [0, 0.1) is 0 Å². The number of hydrogen-bond acceptors (Lipinski definition) is 6. The van der Waals surface area contributed by atoms with E-state index in [-0.39, 0.29) is 17.5 Å². The number of ether oxygens (including phenoxy) is 2. The lowest BCUT2D eigenvalue weighted by Gasteiger charge is -2.16. The van der Waals surface area contributed by atoms with Gasteiger partial charge < -0.3 is 14.8 Å². The number of rotatable bonds is 10. The van der Waals surface area contributed by atoms with Crippen molar-refractivity contribution < 1.29 is 18.7 Å². The summed E-state index contributed by atoms with van der Waals surface area (Å²) in [6, 6.07) is 5.10. The summed E-state index contributed by atoms with van der Waals surface area (Å²) < 4.78 is 23.6. The first-order valence-corrected chi connectivity index (χ1v) is 8.77. The quantitative estimate of drug-likeness (QED) is 0.486. The topological polar surface area (TPSA) is 86.2 Å². The number of nitrogens with one attached hydrogen (secondary N) is 1. The SMILES string of the molecule is C=C(F)/C=C(\C(=C)OC)c1cc(NC(=O)C(CCOC)c2cccnc2)ncn1. The van der Waals surface area contributed by atoms with Crippen LogP contribution in [0.2, 0.25) is 0 Å². The predicted molar refractivity (Wildman–Crippen MR) is 109 cm³/mol. The Morgan fingerprint density at radius 3 is 2.76 bits per heavy atom. The fourth-order valence-electron chi connectivity index (χ4n) is 2.62. The van der Waals surface area contributed by atoms with Gasteiger partial charge in [0, 0.05) is 37.7 Å². The number of halogens is 1. The number of carbonyl (C=O) groups excluding carboxylic acids is 1. The fraction of sp³-hybridized carbons (Fsp3) is 0.238. The molecule has 1 unspecified atom stereocenters. The number of carbonyl (C=O) groups is 1. The standard InChI is InChI=1S/C21H23FN4O3/c1-14(22)10-18(15(2)29-4)19-11-20(25-13-24-19)26-21(27)17(7-9-28-3)16-6-5-8-23-12-16/h5-6,8,10-13,17H,1-2,7,9H2,3-4H3,(H,24,25,26,27)/b18-10+. The van der Waals surface area contributed by atoms with E-state index >= 15 is 0 Å². The summed E-state index contributed by atoms with van der Waals surface area (Å²) in [6.45, 7) is 7.35. The van der Waals surface area contributed by atoms with Crippen molar-refractivity contribution >= 4 is 17.3 Å². The van der Waals surface area contributed by atoms with Crippen molar-refractivity contribution in [2.75, 3.05) is 26.1 Å². The summed E-state index contributed by atoms with van der Waals surface area (Å²) in [6.07, 6.45) is 6.16. The van der Waals surface area contributed by atoms with Crippen molar-refractivity contribution in [2.45, 2.75) is 12.3 Å². The Morgan fingerprint density at radius 2 is 2.14 bits per heavy atom. The lowest BCUT2D eigenvalue weighted by atomic mass is 9.96. The molecule has 0 aliphatic heterocycles. The molecular weight excluding hydrogens is 375 g/mol. The van der Waals surface area contributed by atoms with Crippen LogP contribution in [-0.4, -0.2) is 41.7 Å². The van der Waals surface area contributed by atoms with Gasteiger partial charge in [-0.3, -0.25) is 9.78 Å². The molecule has 2 heterocycles. The number of nitrogens with zero attached hydrogens (tertiary/aromatic N) is 3. The molecule has 2 aromatic rings. The van der Waals surface area contributed by atoms with Gasteiger partial charge in [0.1, 0.15) is 23.7 Å². The molecule has 2 rings (SSSR count). The molecule has 0 saturated heterocycles. The molecule has 29 heavy (non-hydrogen) atoms. The summed E-state index contributed by atoms with van der Waals surface area (Å²) >= 11 is 0. The Labute approximate surface area is 169 Å². The van der Waals surface area contributed by atoms with E-state index in [0.29, 0.717) is 24.3 Å². The van der Waals surface area contributed by atoms with Crippen molar-refractivity contribution in [2.24, 2.45) is 0 Å². The monoisotopic (exact) mass is 398 g/mol. The predicted octanol–water partition coefficient (Wildman–Crippen LogP) is 3.66. The third-order valence-electron chi connectivity index (χ3n) is 4.06. The van der Waals surface area contributed by atoms with Crippen molar-refractivity contribution in [3.63, 3.8) is 0 Å². The highest BCUT2D eigenvalue weighted by Crippen LogP contribution is 2.25. The van der Waals surface area contributed by atoms with E-state index in [1.54, 1.807) is 25.6 Å². The maximum Gasteiger partial charge on any atom is 0.233 e. The molecular formula is C21H23FN4O3. The minimum Gasteiger partial charge on any atom is -0.497 e. The molecule has 0 radical (unpaired) electrons. The van der Waals surface area contributed by atoms with Crippen molar-refractivity contribution in [3.8, 4) is 0 Å². The number of amides is 1. The van der Waals surface area contributed by atoms with Gasteiger partial charge in [0.25, 0.3) is 0 Å². The Balaban J connectivity index is 2.28. The van der Waals surface area contributed by atoms with Crippen molar-refractivity contribution in [1.29, 1.82) is 0 Å². The maximum absolute atomic E-state index is 13.4. The molecule has 8 heteroatoms. The summed E-state index contributed by atoms with van der Waals surface area (Å²) in [5.74, 6) is -0.973. The van der Waals surface area contributed by atoms with Crippen LogP contribution in [0.15, 0.2) is 67.7 Å². The Kier molecular flexibility index (Phi) is 8.17. The van der Waals surface area contributed by atoms with E-state index in [2.05, 4.69) is 33.4 Å². The van der Waals surface area contributed by atoms with Crippen LogP contribution >= 0.6 is 0 Å². The van der Waals surface area contributed by atoms with Crippen LogP contribution in [0.1, 0.15) is 23.6 Å². The van der Waals surface area contributed by atoms with Crippen LogP contribution in [0.5, 0.6) is 0 Å². The first-order valence-electron chi connectivity index (χ1n) is 8.77. The lowest BCUT2D eigenvalue weighted by Crippen LogP contribution is -2.23. The van der Waals surface area contributed by atoms with E-state index in [4.69, 9.17) is 9.47 Å². The highest BCUT2D eigenvalue weighted by atomic mass is 19.1. The van der Waals surface area contributed by atoms with Gasteiger partial charge in [0.15, 0.2) is 0 Å². The molecule has 152 valence electrons. The molecule has 1 atom stereocenters. The summed E-state index contributed by atoms with van der Waals surface area (Å²) in [5.41, 5.74) is 1.38. The summed E-state index contributed by atoms with van der Waals surface area (Å²) in [4.78, 5) is 25.1. The molecule has 0 saturated carbocycles. The number of allylic oxidation sites excluding steroid dienone is 3. The molecule has 2 aromatic heterocycles. The third kappa shape index (κ3) is 6.32. The smallest absolute Gasteiger partial charge is 0.233 e. The number of methoxy groups -OCH3 is 2. The molecule has 0 aliphatic carbocycles. The first-order chi connectivity index (χ1) is 14.0. The van der Waals surface area contributed by atoms with Crippen LogP contribution < -0.4 is 5.32 Å². The number of hydrogen-bond donors (Lipinski definition) is 1. The van der Waals surface area contributed by atoms with Gasteiger partial charge >= 0.3 is 0 Å². The van der Waals surface area contributed by atoms with Crippen LogP contribution in [-0.2, 0) is 14.3 Å². The lowest BCUT2D eigenvalue weighted by molar-refractivity contribution is -0.118. The van der Waals surface area contributed by atoms with E-state index in [1.807, 2.05) is 6.07 Å². The molecule has 0 fully saturated rings. The first kappa shape index (κ1) is 21.9. The van der Waals surface area contributed by atoms with E-state index in [1.165, 1.54) is 19.5 Å². The van der Waals surface area contributed by atoms with E-state index in [9.17, 15) is 9.18 Å².